The van der Waals surface area contributed by atoms with Gasteiger partial charge in [0, 0.05) is 19.0 Å². The lowest BCUT2D eigenvalue weighted by molar-refractivity contribution is -0.0441. The maximum atomic E-state index is 12.4. The summed E-state index contributed by atoms with van der Waals surface area (Å²) < 4.78 is 32.0. The maximum Gasteiger partial charge on any atom is 0.218 e. The molecule has 1 heterocycles. The van der Waals surface area contributed by atoms with Gasteiger partial charge in [0.2, 0.25) is 10.0 Å². The van der Waals surface area contributed by atoms with E-state index < -0.39 is 10.0 Å². The minimum atomic E-state index is -3.30. The van der Waals surface area contributed by atoms with Gasteiger partial charge in [-0.05, 0) is 25.0 Å². The van der Waals surface area contributed by atoms with Crippen LogP contribution < -0.4 is 0 Å². The second kappa shape index (κ2) is 6.43. The van der Waals surface area contributed by atoms with Gasteiger partial charge in [-0.3, -0.25) is 0 Å². The molecule has 2 rings (SSSR count). The molecule has 0 radical (unpaired) electrons. The molecule has 0 aromatic heterocycles. The highest BCUT2D eigenvalue weighted by Crippen LogP contribution is 2.18. The standard InChI is InChI=1S/C14H20ClNO3S/c1-11-8-16(9-12(2)19-11)20(17,18)10-14-5-3-13(7-15)4-6-14/h3-6,11-12H,7-10H2,1-2H3. The minimum absolute atomic E-state index is 0.0228. The van der Waals surface area contributed by atoms with Gasteiger partial charge in [-0.25, -0.2) is 8.42 Å². The van der Waals surface area contributed by atoms with Crippen molar-refractivity contribution in [2.75, 3.05) is 13.1 Å². The van der Waals surface area contributed by atoms with Gasteiger partial charge in [0.25, 0.3) is 0 Å². The van der Waals surface area contributed by atoms with Crippen molar-refractivity contribution in [3.63, 3.8) is 0 Å². The topological polar surface area (TPSA) is 46.6 Å². The Balaban J connectivity index is 2.09. The van der Waals surface area contributed by atoms with Crippen LogP contribution >= 0.6 is 11.6 Å². The molecule has 0 bridgehead atoms. The van der Waals surface area contributed by atoms with Crippen molar-refractivity contribution in [1.82, 2.24) is 4.31 Å². The zero-order valence-electron chi connectivity index (χ0n) is 11.8. The van der Waals surface area contributed by atoms with Crippen LogP contribution in [-0.4, -0.2) is 38.0 Å². The number of nitrogens with zero attached hydrogens (tertiary/aromatic N) is 1. The van der Waals surface area contributed by atoms with Gasteiger partial charge in [0.1, 0.15) is 0 Å². The third-order valence-electron chi connectivity index (χ3n) is 3.31. The first-order valence-corrected chi connectivity index (χ1v) is 8.82. The summed E-state index contributed by atoms with van der Waals surface area (Å²) in [5.74, 6) is 0.459. The highest BCUT2D eigenvalue weighted by Gasteiger charge is 2.30. The fourth-order valence-electron chi connectivity index (χ4n) is 2.38. The van der Waals surface area contributed by atoms with Crippen molar-refractivity contribution >= 4 is 21.6 Å². The molecule has 0 aliphatic carbocycles. The van der Waals surface area contributed by atoms with Crippen molar-refractivity contribution < 1.29 is 13.2 Å². The molecular formula is C14H20ClNO3S. The van der Waals surface area contributed by atoms with Crippen LogP contribution in [0, 0.1) is 0 Å². The van der Waals surface area contributed by atoms with Crippen LogP contribution in [0.25, 0.3) is 0 Å². The molecule has 112 valence electrons. The summed E-state index contributed by atoms with van der Waals surface area (Å²) in [6, 6.07) is 7.37. The quantitative estimate of drug-likeness (QED) is 0.801. The molecule has 1 aromatic carbocycles. The van der Waals surface area contributed by atoms with Crippen LogP contribution in [0.1, 0.15) is 25.0 Å². The van der Waals surface area contributed by atoms with Crippen LogP contribution in [0.15, 0.2) is 24.3 Å². The van der Waals surface area contributed by atoms with E-state index in [0.29, 0.717) is 19.0 Å². The average molecular weight is 318 g/mol. The van der Waals surface area contributed by atoms with Crippen LogP contribution in [0.2, 0.25) is 0 Å². The van der Waals surface area contributed by atoms with Gasteiger partial charge in [-0.2, -0.15) is 4.31 Å². The molecule has 4 nitrogen and oxygen atoms in total. The van der Waals surface area contributed by atoms with Gasteiger partial charge in [0.15, 0.2) is 0 Å². The largest absolute Gasteiger partial charge is 0.373 e. The van der Waals surface area contributed by atoms with Gasteiger partial charge in [0.05, 0.1) is 18.0 Å². The van der Waals surface area contributed by atoms with Gasteiger partial charge in [-0.15, -0.1) is 11.6 Å². The number of hydrogen-bond acceptors (Lipinski definition) is 3. The third-order valence-corrected chi connectivity index (χ3v) is 5.40. The lowest BCUT2D eigenvalue weighted by Crippen LogP contribution is -2.48. The molecule has 2 atom stereocenters. The van der Waals surface area contributed by atoms with Crippen LogP contribution in [0.3, 0.4) is 0 Å². The van der Waals surface area contributed by atoms with Crippen molar-refractivity contribution in [3.8, 4) is 0 Å². The summed E-state index contributed by atoms with van der Waals surface area (Å²) in [4.78, 5) is 0. The second-order valence-corrected chi connectivity index (χ2v) is 7.52. The van der Waals surface area contributed by atoms with Crippen molar-refractivity contribution in [1.29, 1.82) is 0 Å². The van der Waals surface area contributed by atoms with E-state index in [2.05, 4.69) is 0 Å². The lowest BCUT2D eigenvalue weighted by atomic mass is 10.2. The van der Waals surface area contributed by atoms with Crippen molar-refractivity contribution in [2.24, 2.45) is 0 Å². The Bertz CT molecular complexity index is 534. The first kappa shape index (κ1) is 15.8. The smallest absolute Gasteiger partial charge is 0.218 e. The molecule has 0 N–H and O–H groups in total. The zero-order valence-corrected chi connectivity index (χ0v) is 13.3. The van der Waals surface area contributed by atoms with E-state index in [1.807, 2.05) is 38.1 Å². The Morgan fingerprint density at radius 3 is 2.15 bits per heavy atom. The summed E-state index contributed by atoms with van der Waals surface area (Å²) in [6.45, 7) is 4.64. The predicted molar refractivity (Wildman–Crippen MR) is 80.2 cm³/mol. The fourth-order valence-corrected chi connectivity index (χ4v) is 4.23. The van der Waals surface area contributed by atoms with Gasteiger partial charge < -0.3 is 4.74 Å². The van der Waals surface area contributed by atoms with E-state index in [1.165, 1.54) is 4.31 Å². The molecule has 6 heteroatoms. The SMILES string of the molecule is CC1CN(S(=O)(=O)Cc2ccc(CCl)cc2)CC(C)O1. The van der Waals surface area contributed by atoms with Crippen LogP contribution in [-0.2, 0) is 26.4 Å². The normalized spacial score (nSPS) is 24.8. The zero-order chi connectivity index (χ0) is 14.8. The highest BCUT2D eigenvalue weighted by molar-refractivity contribution is 7.88. The van der Waals surface area contributed by atoms with Crippen LogP contribution in [0.5, 0.6) is 0 Å². The van der Waals surface area contributed by atoms with E-state index in [0.717, 1.165) is 11.1 Å². The Morgan fingerprint density at radius 2 is 1.65 bits per heavy atom. The van der Waals surface area contributed by atoms with E-state index >= 15 is 0 Å². The number of halogens is 1. The fraction of sp³-hybridized carbons (Fsp3) is 0.571. The molecule has 1 aliphatic heterocycles. The molecule has 0 amide bonds. The van der Waals surface area contributed by atoms with Gasteiger partial charge in [-0.1, -0.05) is 24.3 Å². The average Bonchev–Trinajstić information content (AvgIpc) is 2.38. The van der Waals surface area contributed by atoms with Crippen molar-refractivity contribution in [3.05, 3.63) is 35.4 Å². The molecule has 20 heavy (non-hydrogen) atoms. The van der Waals surface area contributed by atoms with E-state index in [1.54, 1.807) is 0 Å². The van der Waals surface area contributed by atoms with Gasteiger partial charge >= 0.3 is 0 Å². The number of hydrogen-bond donors (Lipinski definition) is 0. The first-order valence-electron chi connectivity index (χ1n) is 6.68. The van der Waals surface area contributed by atoms with E-state index in [4.69, 9.17) is 16.3 Å². The Morgan fingerprint density at radius 1 is 1.15 bits per heavy atom. The van der Waals surface area contributed by atoms with E-state index in [-0.39, 0.29) is 18.0 Å². The number of benzene rings is 1. The highest BCUT2D eigenvalue weighted by atomic mass is 35.5. The number of ether oxygens (including phenoxy) is 1. The summed E-state index contributed by atoms with van der Waals surface area (Å²) in [5, 5.41) is 0. The molecule has 1 saturated heterocycles. The molecular weight excluding hydrogens is 298 g/mol. The first-order chi connectivity index (χ1) is 9.40. The molecule has 0 saturated carbocycles. The molecule has 1 aliphatic rings. The molecule has 1 fully saturated rings. The number of sulfonamides is 1. The molecule has 1 aromatic rings. The molecule has 2 unspecified atom stereocenters. The molecule has 0 spiro atoms. The Kier molecular flexibility index (Phi) is 5.07. The maximum absolute atomic E-state index is 12.4. The van der Waals surface area contributed by atoms with Crippen molar-refractivity contribution in [2.45, 2.75) is 37.7 Å². The number of morpholine rings is 1. The number of alkyl halides is 1. The summed E-state index contributed by atoms with van der Waals surface area (Å²) in [7, 11) is -3.30. The lowest BCUT2D eigenvalue weighted by Gasteiger charge is -2.34. The third kappa shape index (κ3) is 3.95. The minimum Gasteiger partial charge on any atom is -0.373 e. The second-order valence-electron chi connectivity index (χ2n) is 5.28. The summed E-state index contributed by atoms with van der Waals surface area (Å²) >= 11 is 5.73. The summed E-state index contributed by atoms with van der Waals surface area (Å²) in [6.07, 6.45) is -0.126. The van der Waals surface area contributed by atoms with E-state index in [9.17, 15) is 8.42 Å². The number of rotatable bonds is 4. The predicted octanol–water partition coefficient (Wildman–Crippen LogP) is 2.36. The monoisotopic (exact) mass is 317 g/mol. The Hall–Kier alpha value is -0.620. The van der Waals surface area contributed by atoms with Crippen LogP contribution in [0.4, 0.5) is 0 Å². The summed E-state index contributed by atoms with van der Waals surface area (Å²) in [5.41, 5.74) is 1.77. The Labute approximate surface area is 125 Å².